The quantitative estimate of drug-likeness (QED) is 0.628. The van der Waals surface area contributed by atoms with E-state index in [1.165, 1.54) is 0 Å². The van der Waals surface area contributed by atoms with E-state index in [9.17, 15) is 4.79 Å². The van der Waals surface area contributed by atoms with Gasteiger partial charge in [0.1, 0.15) is 5.75 Å². The molecule has 0 atom stereocenters. The zero-order chi connectivity index (χ0) is 15.9. The van der Waals surface area contributed by atoms with Crippen molar-refractivity contribution in [2.24, 2.45) is 0 Å². The van der Waals surface area contributed by atoms with Gasteiger partial charge >= 0.3 is 0 Å². The molecule has 0 bridgehead atoms. The van der Waals surface area contributed by atoms with Crippen molar-refractivity contribution in [1.29, 1.82) is 0 Å². The third kappa shape index (κ3) is 2.27. The summed E-state index contributed by atoms with van der Waals surface area (Å²) < 4.78 is 7.25. The lowest BCUT2D eigenvalue weighted by atomic mass is 10.0. The fourth-order valence-electron chi connectivity index (χ4n) is 2.67. The molecule has 1 aromatic carbocycles. The molecule has 0 saturated heterocycles. The van der Waals surface area contributed by atoms with Crippen LogP contribution in [0.5, 0.6) is 5.75 Å². The molecule has 22 heavy (non-hydrogen) atoms. The van der Waals surface area contributed by atoms with E-state index >= 15 is 0 Å². The lowest BCUT2D eigenvalue weighted by molar-refractivity contribution is 0.111. The number of hydrogen-bond donors (Lipinski definition) is 0. The molecule has 0 saturated carbocycles. The van der Waals surface area contributed by atoms with Gasteiger partial charge in [0.25, 0.3) is 0 Å². The van der Waals surface area contributed by atoms with Gasteiger partial charge in [0.15, 0.2) is 6.29 Å². The maximum atomic E-state index is 11.6. The van der Waals surface area contributed by atoms with Gasteiger partial charge in [-0.3, -0.25) is 4.79 Å². The number of carbonyl (C=O) groups is 1. The number of ether oxygens (including phenoxy) is 1. The highest BCUT2D eigenvalue weighted by Crippen LogP contribution is 2.41. The number of rotatable bonds is 3. The van der Waals surface area contributed by atoms with Gasteiger partial charge in [0, 0.05) is 27.9 Å². The molecule has 112 valence electrons. The van der Waals surface area contributed by atoms with E-state index in [1.807, 2.05) is 35.7 Å². The van der Waals surface area contributed by atoms with Crippen LogP contribution in [0.4, 0.5) is 0 Å². The molecule has 0 aliphatic heterocycles. The molecule has 0 aliphatic rings. The zero-order valence-electron chi connectivity index (χ0n) is 12.1. The molecule has 2 aromatic heterocycles. The van der Waals surface area contributed by atoms with E-state index in [4.69, 9.17) is 27.9 Å². The number of halogens is 2. The standard InChI is InChI=1S/C17H13Cl2NO2/c1-10-4-3-5-20-15(10)8-12(16(20)9-21)13-6-11(18)7-14(19)17(13)22-2/h3-9H,1-2H3. The van der Waals surface area contributed by atoms with Gasteiger partial charge in [-0.25, -0.2) is 0 Å². The van der Waals surface area contributed by atoms with Crippen LogP contribution >= 0.6 is 23.2 Å². The second-order valence-electron chi connectivity index (χ2n) is 4.98. The van der Waals surface area contributed by atoms with Gasteiger partial charge in [0.05, 0.1) is 17.8 Å². The molecule has 3 nitrogen and oxygen atoms in total. The molecule has 3 rings (SSSR count). The number of pyridine rings is 1. The van der Waals surface area contributed by atoms with Crippen LogP contribution in [-0.4, -0.2) is 17.8 Å². The van der Waals surface area contributed by atoms with E-state index in [0.29, 0.717) is 27.1 Å². The molecule has 0 amide bonds. The highest BCUT2D eigenvalue weighted by Gasteiger charge is 2.18. The topological polar surface area (TPSA) is 30.7 Å². The Balaban J connectivity index is 2.40. The summed E-state index contributed by atoms with van der Waals surface area (Å²) in [5.74, 6) is 0.503. The van der Waals surface area contributed by atoms with Crippen molar-refractivity contribution in [3.05, 3.63) is 57.8 Å². The van der Waals surface area contributed by atoms with E-state index in [2.05, 4.69) is 0 Å². The number of hydrogen-bond acceptors (Lipinski definition) is 2. The highest BCUT2D eigenvalue weighted by atomic mass is 35.5. The lowest BCUT2D eigenvalue weighted by Crippen LogP contribution is -1.95. The molecule has 2 heterocycles. The second-order valence-corrected chi connectivity index (χ2v) is 5.82. The van der Waals surface area contributed by atoms with Crippen molar-refractivity contribution < 1.29 is 9.53 Å². The molecule has 0 fully saturated rings. The van der Waals surface area contributed by atoms with Crippen LogP contribution in [0, 0.1) is 6.92 Å². The fraction of sp³-hybridized carbons (Fsp3) is 0.118. The minimum atomic E-state index is 0.411. The molecule has 5 heteroatoms. The average molecular weight is 334 g/mol. The number of aromatic nitrogens is 1. The van der Waals surface area contributed by atoms with Crippen molar-refractivity contribution in [1.82, 2.24) is 4.40 Å². The summed E-state index contributed by atoms with van der Waals surface area (Å²) in [4.78, 5) is 11.6. The van der Waals surface area contributed by atoms with Crippen molar-refractivity contribution in [3.8, 4) is 16.9 Å². The summed E-state index contributed by atoms with van der Waals surface area (Å²) in [6, 6.07) is 9.22. The Hall–Kier alpha value is -1.97. The Kier molecular flexibility index (Phi) is 3.85. The first-order valence-corrected chi connectivity index (χ1v) is 7.41. The predicted molar refractivity (Wildman–Crippen MR) is 89.5 cm³/mol. The first-order valence-electron chi connectivity index (χ1n) is 6.66. The normalized spacial score (nSPS) is 10.9. The Morgan fingerprint density at radius 2 is 1.95 bits per heavy atom. The number of fused-ring (bicyclic) bond motifs is 1. The van der Waals surface area contributed by atoms with Gasteiger partial charge in [-0.2, -0.15) is 0 Å². The van der Waals surface area contributed by atoms with Crippen molar-refractivity contribution in [2.45, 2.75) is 6.92 Å². The van der Waals surface area contributed by atoms with E-state index in [-0.39, 0.29) is 0 Å². The zero-order valence-corrected chi connectivity index (χ0v) is 13.6. The second kappa shape index (κ2) is 5.67. The van der Waals surface area contributed by atoms with Crippen LogP contribution in [0.15, 0.2) is 36.5 Å². The Labute approximate surface area is 138 Å². The molecule has 0 spiro atoms. The highest BCUT2D eigenvalue weighted by molar-refractivity contribution is 6.36. The van der Waals surface area contributed by atoms with Gasteiger partial charge in [-0.1, -0.05) is 29.3 Å². The van der Waals surface area contributed by atoms with Gasteiger partial charge in [-0.05, 0) is 36.8 Å². The Morgan fingerprint density at radius 3 is 2.64 bits per heavy atom. The van der Waals surface area contributed by atoms with Gasteiger partial charge < -0.3 is 9.14 Å². The summed E-state index contributed by atoms with van der Waals surface area (Å²) in [6.07, 6.45) is 2.68. The number of carbonyl (C=O) groups excluding carboxylic acids is 1. The average Bonchev–Trinajstić information content (AvgIpc) is 2.86. The summed E-state index contributed by atoms with van der Waals surface area (Å²) in [6.45, 7) is 2.00. The summed E-state index contributed by atoms with van der Waals surface area (Å²) in [5, 5.41) is 0.901. The minimum Gasteiger partial charge on any atom is -0.495 e. The molecular formula is C17H13Cl2NO2. The third-order valence-electron chi connectivity index (χ3n) is 3.68. The van der Waals surface area contributed by atoms with Crippen molar-refractivity contribution in [3.63, 3.8) is 0 Å². The van der Waals surface area contributed by atoms with E-state index in [1.54, 1.807) is 19.2 Å². The minimum absolute atomic E-state index is 0.411. The van der Waals surface area contributed by atoms with Gasteiger partial charge in [-0.15, -0.1) is 0 Å². The first kappa shape index (κ1) is 14.9. The summed E-state index contributed by atoms with van der Waals surface area (Å²) in [5.41, 5.74) is 4.01. The SMILES string of the molecule is COc1c(Cl)cc(Cl)cc1-c1cc2c(C)cccn2c1C=O. The van der Waals surface area contributed by atoms with Crippen LogP contribution < -0.4 is 4.74 Å². The number of benzene rings is 1. The van der Waals surface area contributed by atoms with Crippen molar-refractivity contribution >= 4 is 35.0 Å². The molecule has 0 aliphatic carbocycles. The molecule has 0 radical (unpaired) electrons. The van der Waals surface area contributed by atoms with Crippen LogP contribution in [-0.2, 0) is 0 Å². The monoisotopic (exact) mass is 333 g/mol. The largest absolute Gasteiger partial charge is 0.495 e. The molecule has 3 aromatic rings. The lowest BCUT2D eigenvalue weighted by Gasteiger charge is -2.10. The number of aldehydes is 1. The van der Waals surface area contributed by atoms with Crippen molar-refractivity contribution in [2.75, 3.05) is 7.11 Å². The Bertz CT molecular complexity index is 884. The number of aryl methyl sites for hydroxylation is 1. The summed E-state index contributed by atoms with van der Waals surface area (Å²) in [7, 11) is 1.54. The van der Waals surface area contributed by atoms with E-state index in [0.717, 1.165) is 22.9 Å². The number of methoxy groups -OCH3 is 1. The van der Waals surface area contributed by atoms with Crippen LogP contribution in [0.1, 0.15) is 16.1 Å². The maximum Gasteiger partial charge on any atom is 0.167 e. The van der Waals surface area contributed by atoms with Crippen LogP contribution in [0.2, 0.25) is 10.0 Å². The van der Waals surface area contributed by atoms with Gasteiger partial charge in [0.2, 0.25) is 0 Å². The third-order valence-corrected chi connectivity index (χ3v) is 4.17. The molecular weight excluding hydrogens is 321 g/mol. The first-order chi connectivity index (χ1) is 10.6. The number of nitrogens with zero attached hydrogens (tertiary/aromatic N) is 1. The Morgan fingerprint density at radius 1 is 1.18 bits per heavy atom. The maximum absolute atomic E-state index is 11.6. The summed E-state index contributed by atoms with van der Waals surface area (Å²) >= 11 is 12.3. The molecule has 0 N–H and O–H groups in total. The fourth-order valence-corrected chi connectivity index (χ4v) is 3.24. The van der Waals surface area contributed by atoms with E-state index < -0.39 is 0 Å². The predicted octanol–water partition coefficient (Wildman–Crippen LogP) is 5.04. The smallest absolute Gasteiger partial charge is 0.167 e. The van der Waals surface area contributed by atoms with Crippen LogP contribution in [0.25, 0.3) is 16.6 Å². The van der Waals surface area contributed by atoms with Crippen LogP contribution in [0.3, 0.4) is 0 Å². The molecule has 0 unspecified atom stereocenters.